The van der Waals surface area contributed by atoms with Gasteiger partial charge in [0.15, 0.2) is 11.6 Å². The van der Waals surface area contributed by atoms with Crippen LogP contribution in [0.5, 0.6) is 0 Å². The number of halogens is 2. The quantitative estimate of drug-likeness (QED) is 0.809. The normalized spacial score (nSPS) is 18.5. The topological polar surface area (TPSA) is 35.6 Å². The number of carbonyl (C=O) groups is 1. The molecular formula is C22H27F2N3O. The third kappa shape index (κ3) is 4.68. The summed E-state index contributed by atoms with van der Waals surface area (Å²) in [5, 5.41) is 2.86. The fraction of sp³-hybridized carbons (Fsp3) is 0.409. The van der Waals surface area contributed by atoms with Gasteiger partial charge in [-0.05, 0) is 51.4 Å². The monoisotopic (exact) mass is 387 g/mol. The zero-order valence-corrected chi connectivity index (χ0v) is 16.4. The van der Waals surface area contributed by atoms with E-state index in [1.807, 2.05) is 37.4 Å². The lowest BCUT2D eigenvalue weighted by molar-refractivity contribution is 0.0497. The average molecular weight is 387 g/mol. The fourth-order valence-electron chi connectivity index (χ4n) is 3.74. The number of hydrogen-bond acceptors (Lipinski definition) is 2. The maximum atomic E-state index is 14.1. The molecule has 0 spiro atoms. The van der Waals surface area contributed by atoms with E-state index in [4.69, 9.17) is 0 Å². The number of piperidine rings is 1. The molecule has 1 heterocycles. The van der Waals surface area contributed by atoms with Crippen LogP contribution >= 0.6 is 0 Å². The molecule has 2 amide bonds. The second-order valence-corrected chi connectivity index (χ2v) is 7.38. The molecule has 1 fully saturated rings. The standard InChI is InChI=1S/C22H27F2N3O/c1-16(18-11-8-12-19(23)21(18)24)25-22(28)27(15-17-9-4-3-5-10-17)20-13-6-7-14-26(20)2/h3-5,8-12,16,20H,6-7,13-15H2,1-2H3,(H,25,28). The summed E-state index contributed by atoms with van der Waals surface area (Å²) in [6.07, 6.45) is 3.03. The minimum absolute atomic E-state index is 0.0292. The maximum Gasteiger partial charge on any atom is 0.319 e. The average Bonchev–Trinajstić information content (AvgIpc) is 2.69. The van der Waals surface area contributed by atoms with Crippen LogP contribution in [0, 0.1) is 11.6 Å². The summed E-state index contributed by atoms with van der Waals surface area (Å²) in [4.78, 5) is 17.1. The van der Waals surface area contributed by atoms with Gasteiger partial charge in [0.05, 0.1) is 12.2 Å². The second kappa shape index (κ2) is 9.15. The van der Waals surface area contributed by atoms with Crippen molar-refractivity contribution in [3.05, 3.63) is 71.3 Å². The van der Waals surface area contributed by atoms with Crippen LogP contribution in [0.2, 0.25) is 0 Å². The highest BCUT2D eigenvalue weighted by Crippen LogP contribution is 2.23. The Hall–Kier alpha value is -2.47. The van der Waals surface area contributed by atoms with Crippen molar-refractivity contribution in [2.45, 2.75) is 44.9 Å². The molecule has 0 aromatic heterocycles. The van der Waals surface area contributed by atoms with Crippen molar-refractivity contribution in [2.75, 3.05) is 13.6 Å². The van der Waals surface area contributed by atoms with E-state index < -0.39 is 17.7 Å². The number of nitrogens with one attached hydrogen (secondary N) is 1. The van der Waals surface area contributed by atoms with Gasteiger partial charge in [-0.1, -0.05) is 42.5 Å². The van der Waals surface area contributed by atoms with Crippen molar-refractivity contribution in [2.24, 2.45) is 0 Å². The fourth-order valence-corrected chi connectivity index (χ4v) is 3.74. The predicted octanol–water partition coefficient (Wildman–Crippen LogP) is 4.68. The highest BCUT2D eigenvalue weighted by atomic mass is 19.2. The van der Waals surface area contributed by atoms with Crippen molar-refractivity contribution in [3.8, 4) is 0 Å². The van der Waals surface area contributed by atoms with Crippen LogP contribution in [0.25, 0.3) is 0 Å². The van der Waals surface area contributed by atoms with Gasteiger partial charge in [0.1, 0.15) is 0 Å². The molecule has 4 nitrogen and oxygen atoms in total. The molecule has 0 saturated carbocycles. The van der Waals surface area contributed by atoms with Crippen molar-refractivity contribution in [1.82, 2.24) is 15.1 Å². The second-order valence-electron chi connectivity index (χ2n) is 7.38. The molecule has 6 heteroatoms. The molecule has 2 aromatic carbocycles. The van der Waals surface area contributed by atoms with E-state index in [2.05, 4.69) is 10.2 Å². The van der Waals surface area contributed by atoms with Crippen LogP contribution in [-0.2, 0) is 6.54 Å². The number of urea groups is 1. The molecule has 2 aromatic rings. The van der Waals surface area contributed by atoms with Crippen LogP contribution < -0.4 is 5.32 Å². The number of amides is 2. The van der Waals surface area contributed by atoms with Gasteiger partial charge in [-0.2, -0.15) is 0 Å². The minimum Gasteiger partial charge on any atom is -0.331 e. The van der Waals surface area contributed by atoms with Crippen molar-refractivity contribution >= 4 is 6.03 Å². The first-order valence-electron chi connectivity index (χ1n) is 9.72. The molecular weight excluding hydrogens is 360 g/mol. The van der Waals surface area contributed by atoms with Gasteiger partial charge in [-0.25, -0.2) is 13.6 Å². The van der Waals surface area contributed by atoms with Gasteiger partial charge in [-0.15, -0.1) is 0 Å². The molecule has 0 aliphatic carbocycles. The van der Waals surface area contributed by atoms with E-state index in [-0.39, 0.29) is 17.8 Å². The number of benzene rings is 2. The molecule has 1 aliphatic heterocycles. The summed E-state index contributed by atoms with van der Waals surface area (Å²) in [6, 6.07) is 12.9. The number of hydrogen-bond donors (Lipinski definition) is 1. The lowest BCUT2D eigenvalue weighted by Gasteiger charge is -2.41. The van der Waals surface area contributed by atoms with E-state index in [1.54, 1.807) is 11.8 Å². The van der Waals surface area contributed by atoms with E-state index in [0.29, 0.717) is 6.54 Å². The SMILES string of the molecule is CC(NC(=O)N(Cc1ccccc1)C1CCCCN1C)c1cccc(F)c1F. The van der Waals surface area contributed by atoms with Gasteiger partial charge >= 0.3 is 6.03 Å². The largest absolute Gasteiger partial charge is 0.331 e. The van der Waals surface area contributed by atoms with Gasteiger partial charge in [0.2, 0.25) is 0 Å². The molecule has 28 heavy (non-hydrogen) atoms. The minimum atomic E-state index is -0.917. The van der Waals surface area contributed by atoms with Crippen molar-refractivity contribution < 1.29 is 13.6 Å². The molecule has 1 saturated heterocycles. The summed E-state index contributed by atoms with van der Waals surface area (Å²) in [5.41, 5.74) is 1.17. The Morgan fingerprint density at radius 2 is 1.93 bits per heavy atom. The number of nitrogens with zero attached hydrogens (tertiary/aromatic N) is 2. The number of carbonyl (C=O) groups excluding carboxylic acids is 1. The Morgan fingerprint density at radius 3 is 2.64 bits per heavy atom. The first kappa shape index (κ1) is 20.3. The van der Waals surface area contributed by atoms with Crippen LogP contribution in [0.1, 0.15) is 43.4 Å². The molecule has 150 valence electrons. The van der Waals surface area contributed by atoms with Crippen molar-refractivity contribution in [3.63, 3.8) is 0 Å². The van der Waals surface area contributed by atoms with Crippen LogP contribution in [-0.4, -0.2) is 35.6 Å². The summed E-state index contributed by atoms with van der Waals surface area (Å²) in [5.74, 6) is -1.83. The first-order chi connectivity index (χ1) is 13.5. The lowest BCUT2D eigenvalue weighted by Crippen LogP contribution is -2.54. The molecule has 2 unspecified atom stereocenters. The van der Waals surface area contributed by atoms with Gasteiger partial charge in [-0.3, -0.25) is 4.90 Å². The number of rotatable bonds is 5. The first-order valence-corrected chi connectivity index (χ1v) is 9.72. The molecule has 2 atom stereocenters. The highest BCUT2D eigenvalue weighted by Gasteiger charge is 2.30. The Labute approximate surface area is 165 Å². The zero-order valence-electron chi connectivity index (χ0n) is 16.4. The van der Waals surface area contributed by atoms with E-state index in [9.17, 15) is 13.6 Å². The lowest BCUT2D eigenvalue weighted by atomic mass is 10.1. The third-order valence-electron chi connectivity index (χ3n) is 5.34. The molecule has 0 bridgehead atoms. The Morgan fingerprint density at radius 1 is 1.18 bits per heavy atom. The maximum absolute atomic E-state index is 14.1. The summed E-state index contributed by atoms with van der Waals surface area (Å²) < 4.78 is 27.7. The van der Waals surface area contributed by atoms with Crippen LogP contribution in [0.3, 0.4) is 0 Å². The van der Waals surface area contributed by atoms with E-state index in [0.717, 1.165) is 37.4 Å². The Balaban J connectivity index is 1.80. The Bertz CT molecular complexity index is 800. The molecule has 1 N–H and O–H groups in total. The number of likely N-dealkylation sites (tertiary alicyclic amines) is 1. The summed E-state index contributed by atoms with van der Waals surface area (Å²) >= 11 is 0. The molecule has 0 radical (unpaired) electrons. The summed E-state index contributed by atoms with van der Waals surface area (Å²) in [6.45, 7) is 3.05. The van der Waals surface area contributed by atoms with E-state index in [1.165, 1.54) is 12.1 Å². The van der Waals surface area contributed by atoms with Crippen molar-refractivity contribution in [1.29, 1.82) is 0 Å². The zero-order chi connectivity index (χ0) is 20.1. The third-order valence-corrected chi connectivity index (χ3v) is 5.34. The smallest absolute Gasteiger partial charge is 0.319 e. The predicted molar refractivity (Wildman–Crippen MR) is 106 cm³/mol. The summed E-state index contributed by atoms with van der Waals surface area (Å²) in [7, 11) is 2.02. The highest BCUT2D eigenvalue weighted by molar-refractivity contribution is 5.75. The van der Waals surface area contributed by atoms with Crippen LogP contribution in [0.15, 0.2) is 48.5 Å². The van der Waals surface area contributed by atoms with Crippen LogP contribution in [0.4, 0.5) is 13.6 Å². The van der Waals surface area contributed by atoms with Gasteiger partial charge < -0.3 is 10.2 Å². The molecule has 1 aliphatic rings. The van der Waals surface area contributed by atoms with E-state index >= 15 is 0 Å². The Kier molecular flexibility index (Phi) is 6.62. The van der Waals surface area contributed by atoms with Gasteiger partial charge in [0.25, 0.3) is 0 Å². The molecule has 3 rings (SSSR count). The van der Waals surface area contributed by atoms with Gasteiger partial charge in [0, 0.05) is 12.1 Å².